The molecule has 94 valence electrons. The van der Waals surface area contributed by atoms with Gasteiger partial charge in [0.05, 0.1) is 6.04 Å². The van der Waals surface area contributed by atoms with E-state index in [-0.39, 0.29) is 11.9 Å². The van der Waals surface area contributed by atoms with Crippen LogP contribution in [0.15, 0.2) is 30.3 Å². The van der Waals surface area contributed by atoms with E-state index < -0.39 is 0 Å². The Morgan fingerprint density at radius 2 is 1.71 bits per heavy atom. The maximum absolute atomic E-state index is 11.8. The van der Waals surface area contributed by atoms with E-state index in [9.17, 15) is 4.79 Å². The molecule has 0 aliphatic carbocycles. The molecule has 1 atom stereocenters. The van der Waals surface area contributed by atoms with Gasteiger partial charge in [-0.1, -0.05) is 58.0 Å². The summed E-state index contributed by atoms with van der Waals surface area (Å²) in [6.45, 7) is 8.39. The molecule has 0 radical (unpaired) electrons. The lowest BCUT2D eigenvalue weighted by Crippen LogP contribution is -2.32. The van der Waals surface area contributed by atoms with Gasteiger partial charge in [-0.2, -0.15) is 0 Å². The van der Waals surface area contributed by atoms with Crippen LogP contribution >= 0.6 is 0 Å². The predicted octanol–water partition coefficient (Wildman–Crippen LogP) is 3.55. The number of rotatable bonds is 5. The van der Waals surface area contributed by atoms with Gasteiger partial charge in [-0.25, -0.2) is 0 Å². The zero-order valence-corrected chi connectivity index (χ0v) is 11.2. The second-order valence-electron chi connectivity index (χ2n) is 5.30. The summed E-state index contributed by atoms with van der Waals surface area (Å²) >= 11 is 0. The quantitative estimate of drug-likeness (QED) is 0.828. The Bertz CT molecular complexity index is 343. The number of benzene rings is 1. The third-order valence-corrected chi connectivity index (χ3v) is 2.74. The van der Waals surface area contributed by atoms with E-state index in [0.29, 0.717) is 18.3 Å². The minimum atomic E-state index is 0.113. The molecule has 0 bridgehead atoms. The standard InChI is InChI=1S/C15H23NO/c1-11(2)10-14(17)16-15(12(3)4)13-8-6-5-7-9-13/h5-9,11-12,15H,10H2,1-4H3,(H,16,17)/t15-/m1/s1. The molecule has 1 rings (SSSR count). The highest BCUT2D eigenvalue weighted by Gasteiger charge is 2.18. The molecule has 0 fully saturated rings. The molecule has 0 unspecified atom stereocenters. The summed E-state index contributed by atoms with van der Waals surface area (Å²) in [5.74, 6) is 0.939. The molecule has 0 saturated heterocycles. The van der Waals surface area contributed by atoms with Crippen molar-refractivity contribution >= 4 is 5.91 Å². The summed E-state index contributed by atoms with van der Waals surface area (Å²) < 4.78 is 0. The van der Waals surface area contributed by atoms with Gasteiger partial charge in [0.2, 0.25) is 5.91 Å². The van der Waals surface area contributed by atoms with Crippen molar-refractivity contribution in [2.75, 3.05) is 0 Å². The molecule has 2 heteroatoms. The second-order valence-corrected chi connectivity index (χ2v) is 5.30. The summed E-state index contributed by atoms with van der Waals surface area (Å²) in [7, 11) is 0. The van der Waals surface area contributed by atoms with Crippen molar-refractivity contribution in [2.24, 2.45) is 11.8 Å². The molecule has 0 aliphatic rings. The van der Waals surface area contributed by atoms with Crippen LogP contribution in [0.1, 0.15) is 45.7 Å². The highest BCUT2D eigenvalue weighted by Crippen LogP contribution is 2.21. The summed E-state index contributed by atoms with van der Waals surface area (Å²) in [5.41, 5.74) is 1.18. The molecule has 1 amide bonds. The van der Waals surface area contributed by atoms with Crippen LogP contribution in [-0.2, 0) is 4.79 Å². The monoisotopic (exact) mass is 233 g/mol. The molecule has 2 nitrogen and oxygen atoms in total. The van der Waals surface area contributed by atoms with Crippen LogP contribution in [-0.4, -0.2) is 5.91 Å². The molecular formula is C15H23NO. The molecule has 0 saturated carbocycles. The SMILES string of the molecule is CC(C)CC(=O)N[C@@H](c1ccccc1)C(C)C. The highest BCUT2D eigenvalue weighted by molar-refractivity contribution is 5.76. The third kappa shape index (κ3) is 4.59. The topological polar surface area (TPSA) is 29.1 Å². The van der Waals surface area contributed by atoms with E-state index in [2.05, 4.69) is 45.1 Å². The van der Waals surface area contributed by atoms with Gasteiger partial charge in [0.1, 0.15) is 0 Å². The fraction of sp³-hybridized carbons (Fsp3) is 0.533. The number of hydrogen-bond acceptors (Lipinski definition) is 1. The lowest BCUT2D eigenvalue weighted by molar-refractivity contribution is -0.122. The minimum Gasteiger partial charge on any atom is -0.349 e. The Kier molecular flexibility index (Phi) is 5.20. The van der Waals surface area contributed by atoms with Crippen LogP contribution in [0.4, 0.5) is 0 Å². The third-order valence-electron chi connectivity index (χ3n) is 2.74. The van der Waals surface area contributed by atoms with E-state index in [0.717, 1.165) is 0 Å². The van der Waals surface area contributed by atoms with Crippen molar-refractivity contribution in [2.45, 2.75) is 40.2 Å². The van der Waals surface area contributed by atoms with Crippen molar-refractivity contribution in [3.05, 3.63) is 35.9 Å². The van der Waals surface area contributed by atoms with E-state index in [1.165, 1.54) is 5.56 Å². The average molecular weight is 233 g/mol. The minimum absolute atomic E-state index is 0.113. The van der Waals surface area contributed by atoms with Crippen molar-refractivity contribution in [1.82, 2.24) is 5.32 Å². The molecule has 0 aromatic heterocycles. The number of amides is 1. The van der Waals surface area contributed by atoms with E-state index in [1.807, 2.05) is 18.2 Å². The van der Waals surface area contributed by atoms with Gasteiger partial charge in [0.25, 0.3) is 0 Å². The molecule has 0 heterocycles. The molecular weight excluding hydrogens is 210 g/mol. The van der Waals surface area contributed by atoms with Crippen molar-refractivity contribution < 1.29 is 4.79 Å². The van der Waals surface area contributed by atoms with E-state index >= 15 is 0 Å². The zero-order chi connectivity index (χ0) is 12.8. The fourth-order valence-corrected chi connectivity index (χ4v) is 1.90. The van der Waals surface area contributed by atoms with Crippen molar-refractivity contribution in [3.8, 4) is 0 Å². The number of nitrogens with one attached hydrogen (secondary N) is 1. The van der Waals surface area contributed by atoms with Crippen LogP contribution in [0.5, 0.6) is 0 Å². The van der Waals surface area contributed by atoms with Gasteiger partial charge in [0, 0.05) is 6.42 Å². The van der Waals surface area contributed by atoms with Crippen LogP contribution in [0, 0.1) is 11.8 Å². The Hall–Kier alpha value is -1.31. The maximum Gasteiger partial charge on any atom is 0.220 e. The first-order chi connectivity index (χ1) is 8.00. The van der Waals surface area contributed by atoms with Gasteiger partial charge < -0.3 is 5.32 Å². The first-order valence-electron chi connectivity index (χ1n) is 6.35. The zero-order valence-electron chi connectivity index (χ0n) is 11.2. The first kappa shape index (κ1) is 13.8. The van der Waals surface area contributed by atoms with Crippen molar-refractivity contribution in [3.63, 3.8) is 0 Å². The van der Waals surface area contributed by atoms with Crippen LogP contribution in [0.2, 0.25) is 0 Å². The smallest absolute Gasteiger partial charge is 0.220 e. The predicted molar refractivity (Wildman–Crippen MR) is 71.6 cm³/mol. The number of carbonyl (C=O) groups is 1. The maximum atomic E-state index is 11.8. The van der Waals surface area contributed by atoms with Gasteiger partial charge >= 0.3 is 0 Å². The summed E-state index contributed by atoms with van der Waals surface area (Å²) in [6, 6.07) is 10.3. The number of hydrogen-bond donors (Lipinski definition) is 1. The highest BCUT2D eigenvalue weighted by atomic mass is 16.1. The van der Waals surface area contributed by atoms with Crippen LogP contribution in [0.25, 0.3) is 0 Å². The van der Waals surface area contributed by atoms with Gasteiger partial charge in [-0.3, -0.25) is 4.79 Å². The summed E-state index contributed by atoms with van der Waals surface area (Å²) in [4.78, 5) is 11.8. The number of carbonyl (C=O) groups excluding carboxylic acids is 1. The van der Waals surface area contributed by atoms with Crippen molar-refractivity contribution in [1.29, 1.82) is 0 Å². The Morgan fingerprint density at radius 3 is 2.18 bits per heavy atom. The van der Waals surface area contributed by atoms with Crippen LogP contribution in [0.3, 0.4) is 0 Å². The lowest BCUT2D eigenvalue weighted by Gasteiger charge is -2.23. The second kappa shape index (κ2) is 6.43. The van der Waals surface area contributed by atoms with E-state index in [1.54, 1.807) is 0 Å². The van der Waals surface area contributed by atoms with Gasteiger partial charge in [-0.05, 0) is 17.4 Å². The molecule has 1 aromatic carbocycles. The molecule has 0 spiro atoms. The largest absolute Gasteiger partial charge is 0.349 e. The summed E-state index contributed by atoms with van der Waals surface area (Å²) in [6.07, 6.45) is 0.593. The molecule has 1 N–H and O–H groups in total. The van der Waals surface area contributed by atoms with Crippen LogP contribution < -0.4 is 5.32 Å². The molecule has 17 heavy (non-hydrogen) atoms. The van der Waals surface area contributed by atoms with Gasteiger partial charge in [0.15, 0.2) is 0 Å². The Balaban J connectivity index is 2.71. The molecule has 1 aromatic rings. The lowest BCUT2D eigenvalue weighted by atomic mass is 9.95. The van der Waals surface area contributed by atoms with E-state index in [4.69, 9.17) is 0 Å². The molecule has 0 aliphatic heterocycles. The Morgan fingerprint density at radius 1 is 1.12 bits per heavy atom. The average Bonchev–Trinajstić information content (AvgIpc) is 2.25. The Labute approximate surface area is 104 Å². The summed E-state index contributed by atoms with van der Waals surface area (Å²) in [5, 5.41) is 3.13. The fourth-order valence-electron chi connectivity index (χ4n) is 1.90. The van der Waals surface area contributed by atoms with Gasteiger partial charge in [-0.15, -0.1) is 0 Å². The normalized spacial score (nSPS) is 12.8. The first-order valence-corrected chi connectivity index (χ1v) is 6.35.